The minimum absolute atomic E-state index is 0.244. The third-order valence-electron chi connectivity index (χ3n) is 2.13. The minimum atomic E-state index is -0.505. The molecule has 0 aromatic carbocycles. The summed E-state index contributed by atoms with van der Waals surface area (Å²) in [6, 6.07) is 1.46. The predicted molar refractivity (Wildman–Crippen MR) is 53.1 cm³/mol. The smallest absolute Gasteiger partial charge is 0.346 e. The Bertz CT molecular complexity index is 549. The number of hydrogen-bond donors (Lipinski definition) is 1. The summed E-state index contributed by atoms with van der Waals surface area (Å²) in [7, 11) is 0. The van der Waals surface area contributed by atoms with Crippen LogP contribution in [0.3, 0.4) is 0 Å². The van der Waals surface area contributed by atoms with Gasteiger partial charge in [0.1, 0.15) is 0 Å². The number of hydrogen-bond acceptors (Lipinski definition) is 3. The van der Waals surface area contributed by atoms with Crippen LogP contribution in [0, 0.1) is 5.92 Å². The van der Waals surface area contributed by atoms with E-state index in [4.69, 9.17) is 5.11 Å². The van der Waals surface area contributed by atoms with Crippen LogP contribution in [-0.2, 0) is 0 Å². The van der Waals surface area contributed by atoms with Gasteiger partial charge in [-0.15, -0.1) is 0 Å². The number of allylic oxidation sites excluding steroid dienone is 2. The van der Waals surface area contributed by atoms with Gasteiger partial charge in [-0.05, 0) is 17.2 Å². The second-order valence-corrected chi connectivity index (χ2v) is 3.32. The second kappa shape index (κ2) is 3.18. The number of fused-ring (bicyclic) bond motifs is 1. The lowest BCUT2D eigenvalue weighted by molar-refractivity contribution is 0.307. The third kappa shape index (κ3) is 1.48. The fourth-order valence-corrected chi connectivity index (χ4v) is 1.48. The normalized spacial score (nSPS) is 19.1. The van der Waals surface area contributed by atoms with Crippen molar-refractivity contribution in [1.29, 1.82) is 0 Å². The van der Waals surface area contributed by atoms with Crippen LogP contribution in [0.2, 0.25) is 0 Å². The SMILES string of the molecule is CC1C=CC=c2c(cc(O)oc2=O)=C1. The zero-order valence-corrected chi connectivity index (χ0v) is 7.73. The highest BCUT2D eigenvalue weighted by Gasteiger charge is 2.01. The lowest BCUT2D eigenvalue weighted by Crippen LogP contribution is -2.37. The van der Waals surface area contributed by atoms with Crippen LogP contribution < -0.4 is 16.1 Å². The molecule has 1 aromatic rings. The van der Waals surface area contributed by atoms with Crippen molar-refractivity contribution >= 4 is 12.2 Å². The van der Waals surface area contributed by atoms with E-state index >= 15 is 0 Å². The van der Waals surface area contributed by atoms with Crippen molar-refractivity contribution in [2.24, 2.45) is 5.92 Å². The highest BCUT2D eigenvalue weighted by atomic mass is 16.5. The van der Waals surface area contributed by atoms with Gasteiger partial charge in [0.25, 0.3) is 5.95 Å². The van der Waals surface area contributed by atoms with E-state index in [9.17, 15) is 4.79 Å². The van der Waals surface area contributed by atoms with Crippen molar-refractivity contribution in [1.82, 2.24) is 0 Å². The van der Waals surface area contributed by atoms with Crippen molar-refractivity contribution in [3.8, 4) is 5.95 Å². The summed E-state index contributed by atoms with van der Waals surface area (Å²) in [5.41, 5.74) is -0.505. The summed E-state index contributed by atoms with van der Waals surface area (Å²) in [6.07, 6.45) is 7.39. The Morgan fingerprint density at radius 3 is 3.07 bits per heavy atom. The Kier molecular flexibility index (Phi) is 2.00. The summed E-state index contributed by atoms with van der Waals surface area (Å²) in [5.74, 6) is -0.0961. The molecule has 1 N–H and O–H groups in total. The van der Waals surface area contributed by atoms with Gasteiger partial charge in [-0.25, -0.2) is 4.79 Å². The molecule has 0 saturated heterocycles. The Morgan fingerprint density at radius 1 is 1.50 bits per heavy atom. The first-order chi connectivity index (χ1) is 6.66. The molecule has 14 heavy (non-hydrogen) atoms. The van der Waals surface area contributed by atoms with Crippen LogP contribution in [0.1, 0.15) is 6.92 Å². The molecule has 0 fully saturated rings. The zero-order valence-electron chi connectivity index (χ0n) is 7.73. The van der Waals surface area contributed by atoms with Gasteiger partial charge in [-0.2, -0.15) is 0 Å². The Balaban J connectivity index is 2.91. The Labute approximate surface area is 80.3 Å². The van der Waals surface area contributed by atoms with Crippen LogP contribution in [0.4, 0.5) is 0 Å². The molecule has 0 spiro atoms. The Morgan fingerprint density at radius 2 is 2.29 bits per heavy atom. The number of rotatable bonds is 0. The molecule has 1 heterocycles. The van der Waals surface area contributed by atoms with Crippen LogP contribution >= 0.6 is 0 Å². The van der Waals surface area contributed by atoms with Gasteiger partial charge in [-0.1, -0.05) is 25.2 Å². The molecule has 3 heteroatoms. The molecule has 0 bridgehead atoms. The van der Waals surface area contributed by atoms with Crippen LogP contribution in [0.5, 0.6) is 5.95 Å². The summed E-state index contributed by atoms with van der Waals surface area (Å²) in [5, 5.41) is 10.3. The highest BCUT2D eigenvalue weighted by molar-refractivity contribution is 5.45. The van der Waals surface area contributed by atoms with Crippen molar-refractivity contribution in [2.75, 3.05) is 0 Å². The first kappa shape index (κ1) is 8.81. The average molecular weight is 190 g/mol. The van der Waals surface area contributed by atoms with Gasteiger partial charge in [-0.3, -0.25) is 0 Å². The van der Waals surface area contributed by atoms with E-state index in [1.165, 1.54) is 6.07 Å². The number of aromatic hydroxyl groups is 1. The topological polar surface area (TPSA) is 50.4 Å². The molecule has 1 aliphatic carbocycles. The maximum absolute atomic E-state index is 11.3. The molecule has 1 atom stereocenters. The third-order valence-corrected chi connectivity index (χ3v) is 2.13. The van der Waals surface area contributed by atoms with E-state index < -0.39 is 5.63 Å². The van der Waals surface area contributed by atoms with Crippen LogP contribution in [0.15, 0.2) is 27.4 Å². The lowest BCUT2D eigenvalue weighted by Gasteiger charge is -1.94. The van der Waals surface area contributed by atoms with Crippen molar-refractivity contribution in [3.05, 3.63) is 39.1 Å². The molecule has 0 aliphatic heterocycles. The highest BCUT2D eigenvalue weighted by Crippen LogP contribution is 2.02. The van der Waals surface area contributed by atoms with E-state index in [1.54, 1.807) is 6.08 Å². The van der Waals surface area contributed by atoms with Gasteiger partial charge in [0.2, 0.25) is 0 Å². The second-order valence-electron chi connectivity index (χ2n) is 3.32. The molecular formula is C11H10O3. The molecule has 2 rings (SSSR count). The minimum Gasteiger partial charge on any atom is -0.481 e. The predicted octanol–water partition coefficient (Wildman–Crippen LogP) is 0.112. The quantitative estimate of drug-likeness (QED) is 0.631. The summed E-state index contributed by atoms with van der Waals surface area (Å²) >= 11 is 0. The maximum Gasteiger partial charge on any atom is 0.346 e. The van der Waals surface area contributed by atoms with Gasteiger partial charge in [0, 0.05) is 6.07 Å². The van der Waals surface area contributed by atoms with E-state index in [0.29, 0.717) is 5.22 Å². The van der Waals surface area contributed by atoms with Crippen molar-refractivity contribution in [3.63, 3.8) is 0 Å². The molecule has 3 nitrogen and oxygen atoms in total. The van der Waals surface area contributed by atoms with Crippen molar-refractivity contribution < 1.29 is 9.52 Å². The van der Waals surface area contributed by atoms with Gasteiger partial charge in [0.15, 0.2) is 0 Å². The van der Waals surface area contributed by atoms with Crippen LogP contribution in [-0.4, -0.2) is 5.11 Å². The van der Waals surface area contributed by atoms with Crippen LogP contribution in [0.25, 0.3) is 12.2 Å². The molecular weight excluding hydrogens is 180 g/mol. The molecule has 0 radical (unpaired) electrons. The molecule has 1 aromatic heterocycles. The zero-order chi connectivity index (χ0) is 10.1. The fraction of sp³-hybridized carbons (Fsp3) is 0.182. The maximum atomic E-state index is 11.3. The summed E-state index contributed by atoms with van der Waals surface area (Å²) < 4.78 is 4.58. The molecule has 72 valence electrons. The monoisotopic (exact) mass is 190 g/mol. The summed E-state index contributed by atoms with van der Waals surface area (Å²) in [4.78, 5) is 11.3. The fourth-order valence-electron chi connectivity index (χ4n) is 1.48. The average Bonchev–Trinajstić information content (AvgIpc) is 2.25. The molecule has 1 aliphatic rings. The summed E-state index contributed by atoms with van der Waals surface area (Å²) in [6.45, 7) is 2.01. The molecule has 1 unspecified atom stereocenters. The van der Waals surface area contributed by atoms with E-state index in [2.05, 4.69) is 4.42 Å². The van der Waals surface area contributed by atoms with Gasteiger partial charge >= 0.3 is 5.63 Å². The first-order valence-corrected chi connectivity index (χ1v) is 4.40. The van der Waals surface area contributed by atoms with Crippen molar-refractivity contribution in [2.45, 2.75) is 6.92 Å². The standard InChI is InChI=1S/C11H10O3/c1-7-3-2-4-9-8(5-7)6-10(12)14-11(9)13/h2-7,12H,1H3. The van der Waals surface area contributed by atoms with E-state index in [-0.39, 0.29) is 11.9 Å². The van der Waals surface area contributed by atoms with Gasteiger partial charge in [0.05, 0.1) is 5.22 Å². The lowest BCUT2D eigenvalue weighted by atomic mass is 10.1. The van der Waals surface area contributed by atoms with E-state index in [1.807, 2.05) is 25.2 Å². The Hall–Kier alpha value is -1.77. The van der Waals surface area contributed by atoms with E-state index in [0.717, 1.165) is 5.22 Å². The largest absolute Gasteiger partial charge is 0.481 e. The first-order valence-electron chi connectivity index (χ1n) is 4.40. The molecule has 0 amide bonds. The molecule has 0 saturated carbocycles. The van der Waals surface area contributed by atoms with Gasteiger partial charge < -0.3 is 9.52 Å².